The Balaban J connectivity index is 2.31. The van der Waals surface area contributed by atoms with E-state index < -0.39 is 29.5 Å². The van der Waals surface area contributed by atoms with Crippen LogP contribution in [0.2, 0.25) is 10.0 Å². The Labute approximate surface area is 139 Å². The van der Waals surface area contributed by atoms with Crippen LogP contribution in [0, 0.1) is 0 Å². The summed E-state index contributed by atoms with van der Waals surface area (Å²) < 4.78 is 2.15. The summed E-state index contributed by atoms with van der Waals surface area (Å²) in [4.78, 5) is 47.5. The lowest BCUT2D eigenvalue weighted by atomic mass is 10.3. The van der Waals surface area contributed by atoms with Gasteiger partial charge in [-0.15, -0.1) is 0 Å². The third-order valence-electron chi connectivity index (χ3n) is 3.11. The summed E-state index contributed by atoms with van der Waals surface area (Å²) in [5, 5.41) is 3.07. The van der Waals surface area contributed by atoms with Gasteiger partial charge in [0, 0.05) is 19.8 Å². The Bertz CT molecular complexity index is 918. The number of rotatable bonds is 3. The molecule has 2 aromatic rings. The highest BCUT2D eigenvalue weighted by Gasteiger charge is 2.14. The Kier molecular flexibility index (Phi) is 4.76. The Morgan fingerprint density at radius 1 is 1.00 bits per heavy atom. The smallest absolute Gasteiger partial charge is 0.324 e. The lowest BCUT2D eigenvalue weighted by Gasteiger charge is -2.10. The molecule has 0 bridgehead atoms. The van der Waals surface area contributed by atoms with Crippen LogP contribution in [0.4, 0.5) is 5.69 Å². The minimum Gasteiger partial charge on any atom is -0.324 e. The zero-order chi connectivity index (χ0) is 17.3. The van der Waals surface area contributed by atoms with Gasteiger partial charge >= 0.3 is 17.1 Å². The zero-order valence-corrected chi connectivity index (χ0v) is 13.7. The van der Waals surface area contributed by atoms with Crippen molar-refractivity contribution in [2.45, 2.75) is 6.54 Å². The summed E-state index contributed by atoms with van der Waals surface area (Å²) >= 11 is 11.6. The lowest BCUT2D eigenvalue weighted by Crippen LogP contribution is -2.53. The Hall–Kier alpha value is -2.32. The lowest BCUT2D eigenvalue weighted by molar-refractivity contribution is -0.116. The number of benzene rings is 1. The maximum absolute atomic E-state index is 12.0. The molecule has 23 heavy (non-hydrogen) atoms. The van der Waals surface area contributed by atoms with E-state index >= 15 is 0 Å². The quantitative estimate of drug-likeness (QED) is 0.847. The van der Waals surface area contributed by atoms with Crippen molar-refractivity contribution in [3.05, 3.63) is 59.7 Å². The molecule has 1 aromatic carbocycles. The molecule has 2 rings (SSSR count). The predicted molar refractivity (Wildman–Crippen MR) is 86.3 cm³/mol. The highest BCUT2D eigenvalue weighted by molar-refractivity contribution is 6.42. The predicted octanol–water partition coefficient (Wildman–Crippen LogP) is 0.191. The fraction of sp³-hybridized carbons (Fsp3) is 0.231. The van der Waals surface area contributed by atoms with Gasteiger partial charge in [0.25, 0.3) is 0 Å². The van der Waals surface area contributed by atoms with Crippen molar-refractivity contribution in [1.29, 1.82) is 0 Å². The number of nitrogens with zero attached hydrogens (tertiary/aromatic N) is 3. The molecule has 10 heteroatoms. The second kappa shape index (κ2) is 6.43. The maximum Gasteiger partial charge on any atom is 0.336 e. The zero-order valence-electron chi connectivity index (χ0n) is 12.2. The van der Waals surface area contributed by atoms with Gasteiger partial charge in [0.05, 0.1) is 10.0 Å². The molecule has 0 aliphatic heterocycles. The first-order valence-electron chi connectivity index (χ1n) is 6.34. The number of halogens is 2. The van der Waals surface area contributed by atoms with Gasteiger partial charge in [-0.3, -0.25) is 4.79 Å². The normalized spacial score (nSPS) is 10.6. The molecular weight excluding hydrogens is 347 g/mol. The van der Waals surface area contributed by atoms with Crippen LogP contribution in [0.15, 0.2) is 32.6 Å². The van der Waals surface area contributed by atoms with Gasteiger partial charge in [-0.05, 0) is 18.2 Å². The number of carbonyl (C=O) groups is 1. The fourth-order valence-corrected chi connectivity index (χ4v) is 2.18. The van der Waals surface area contributed by atoms with Crippen LogP contribution in [0.5, 0.6) is 0 Å². The standard InChI is InChI=1S/C13H12Cl2N4O4/c1-17-11(21)18(2)13(23)19(12(17)22)6-10(20)16-7-3-4-8(14)9(15)5-7/h3-5H,6H2,1-2H3,(H,16,20). The van der Waals surface area contributed by atoms with E-state index in [9.17, 15) is 19.2 Å². The molecule has 0 aliphatic carbocycles. The molecule has 1 heterocycles. The highest BCUT2D eigenvalue weighted by atomic mass is 35.5. The highest BCUT2D eigenvalue weighted by Crippen LogP contribution is 2.24. The number of hydrogen-bond donors (Lipinski definition) is 1. The van der Waals surface area contributed by atoms with Gasteiger partial charge in [-0.2, -0.15) is 0 Å². The molecule has 8 nitrogen and oxygen atoms in total. The summed E-state index contributed by atoms with van der Waals surface area (Å²) in [6, 6.07) is 4.45. The van der Waals surface area contributed by atoms with Crippen molar-refractivity contribution in [2.75, 3.05) is 5.32 Å². The second-order valence-electron chi connectivity index (χ2n) is 4.73. The molecule has 0 atom stereocenters. The van der Waals surface area contributed by atoms with Crippen molar-refractivity contribution in [3.8, 4) is 0 Å². The summed E-state index contributed by atoms with van der Waals surface area (Å²) in [5.41, 5.74) is -2.15. The van der Waals surface area contributed by atoms with Gasteiger partial charge < -0.3 is 5.32 Å². The first-order valence-corrected chi connectivity index (χ1v) is 7.09. The van der Waals surface area contributed by atoms with Gasteiger partial charge in [-0.1, -0.05) is 23.2 Å². The van der Waals surface area contributed by atoms with E-state index in [1.54, 1.807) is 0 Å². The number of amides is 1. The van der Waals surface area contributed by atoms with Crippen LogP contribution in [0.1, 0.15) is 0 Å². The van der Waals surface area contributed by atoms with Crippen LogP contribution in [-0.4, -0.2) is 19.6 Å². The number of anilines is 1. The second-order valence-corrected chi connectivity index (χ2v) is 5.54. The minimum atomic E-state index is -0.873. The van der Waals surface area contributed by atoms with Gasteiger partial charge in [0.15, 0.2) is 0 Å². The molecular formula is C13H12Cl2N4O4. The monoisotopic (exact) mass is 358 g/mol. The third-order valence-corrected chi connectivity index (χ3v) is 3.85. The molecule has 0 spiro atoms. The first kappa shape index (κ1) is 17.0. The number of aromatic nitrogens is 3. The summed E-state index contributed by atoms with van der Waals surface area (Å²) in [6.07, 6.45) is 0. The third kappa shape index (κ3) is 3.38. The average molecular weight is 359 g/mol. The van der Waals surface area contributed by atoms with Crippen LogP contribution < -0.4 is 22.4 Å². The van der Waals surface area contributed by atoms with E-state index in [2.05, 4.69) is 5.32 Å². The Morgan fingerprint density at radius 3 is 2.09 bits per heavy atom. The van der Waals surface area contributed by atoms with E-state index in [0.717, 1.165) is 9.13 Å². The largest absolute Gasteiger partial charge is 0.336 e. The molecule has 0 radical (unpaired) electrons. The molecule has 0 unspecified atom stereocenters. The van der Waals surface area contributed by atoms with Gasteiger partial charge in [0.1, 0.15) is 6.54 Å². The van der Waals surface area contributed by atoms with Crippen LogP contribution in [0.25, 0.3) is 0 Å². The number of hydrogen-bond acceptors (Lipinski definition) is 4. The molecule has 0 saturated heterocycles. The van der Waals surface area contributed by atoms with Crippen molar-refractivity contribution < 1.29 is 4.79 Å². The van der Waals surface area contributed by atoms with E-state index in [0.29, 0.717) is 15.3 Å². The molecule has 1 amide bonds. The first-order chi connectivity index (χ1) is 10.7. The summed E-state index contributed by atoms with van der Waals surface area (Å²) in [5.74, 6) is -0.624. The van der Waals surface area contributed by atoms with E-state index in [-0.39, 0.29) is 5.02 Å². The molecule has 0 fully saturated rings. The van der Waals surface area contributed by atoms with Gasteiger partial charge in [-0.25, -0.2) is 28.1 Å². The SMILES string of the molecule is Cn1c(=O)n(C)c(=O)n(CC(=O)Nc2ccc(Cl)c(Cl)c2)c1=O. The van der Waals surface area contributed by atoms with E-state index in [4.69, 9.17) is 23.2 Å². The summed E-state index contributed by atoms with van der Waals surface area (Å²) in [6.45, 7) is -0.542. The molecule has 1 aromatic heterocycles. The topological polar surface area (TPSA) is 95.1 Å². The van der Waals surface area contributed by atoms with Gasteiger partial charge in [0.2, 0.25) is 5.91 Å². The van der Waals surface area contributed by atoms with E-state index in [1.807, 2.05) is 0 Å². The van der Waals surface area contributed by atoms with Crippen molar-refractivity contribution in [2.24, 2.45) is 14.1 Å². The van der Waals surface area contributed by atoms with Crippen LogP contribution >= 0.6 is 23.2 Å². The maximum atomic E-state index is 12.0. The molecule has 0 saturated carbocycles. The number of carbonyl (C=O) groups excluding carboxylic acids is 1. The summed E-state index contributed by atoms with van der Waals surface area (Å²) in [7, 11) is 2.44. The average Bonchev–Trinajstić information content (AvgIpc) is 2.51. The van der Waals surface area contributed by atoms with E-state index in [1.165, 1.54) is 32.3 Å². The minimum absolute atomic E-state index is 0.250. The Morgan fingerprint density at radius 2 is 1.57 bits per heavy atom. The number of nitrogens with one attached hydrogen (secondary N) is 1. The van der Waals surface area contributed by atoms with Crippen molar-refractivity contribution >= 4 is 34.8 Å². The van der Waals surface area contributed by atoms with Crippen molar-refractivity contribution in [3.63, 3.8) is 0 Å². The molecule has 122 valence electrons. The van der Waals surface area contributed by atoms with Crippen molar-refractivity contribution in [1.82, 2.24) is 13.7 Å². The fourth-order valence-electron chi connectivity index (χ4n) is 1.89. The molecule has 1 N–H and O–H groups in total. The molecule has 0 aliphatic rings. The van der Waals surface area contributed by atoms with Crippen LogP contribution in [-0.2, 0) is 25.4 Å². The van der Waals surface area contributed by atoms with Crippen LogP contribution in [0.3, 0.4) is 0 Å².